The summed E-state index contributed by atoms with van der Waals surface area (Å²) in [6.45, 7) is 2.85. The van der Waals surface area contributed by atoms with Gasteiger partial charge in [-0.15, -0.1) is 0 Å². The average molecular weight is 632 g/mol. The van der Waals surface area contributed by atoms with E-state index in [0.29, 0.717) is 34.7 Å². The van der Waals surface area contributed by atoms with Crippen molar-refractivity contribution in [1.29, 1.82) is 0 Å². The van der Waals surface area contributed by atoms with Gasteiger partial charge in [0.25, 0.3) is 5.91 Å². The number of ether oxygens (including phenoxy) is 3. The van der Waals surface area contributed by atoms with E-state index < -0.39 is 0 Å². The summed E-state index contributed by atoms with van der Waals surface area (Å²) < 4.78 is 18.6. The lowest BCUT2D eigenvalue weighted by Crippen LogP contribution is -2.28. The molecule has 3 aromatic rings. The molecule has 1 amide bonds. The van der Waals surface area contributed by atoms with Crippen molar-refractivity contribution in [3.63, 3.8) is 0 Å². The van der Waals surface area contributed by atoms with Gasteiger partial charge < -0.3 is 14.2 Å². The van der Waals surface area contributed by atoms with Crippen LogP contribution in [0.5, 0.6) is 17.2 Å². The molecule has 4 rings (SSSR count). The lowest BCUT2D eigenvalue weighted by atomic mass is 10.1. The summed E-state index contributed by atoms with van der Waals surface area (Å²) in [5.74, 6) is 1.85. The first-order valence-electron chi connectivity index (χ1n) is 11.1. The number of nitrogens with zero attached hydrogens (tertiary/aromatic N) is 2. The molecule has 1 fully saturated rings. The largest absolute Gasteiger partial charge is 0.497 e. The highest BCUT2D eigenvalue weighted by Gasteiger charge is 2.32. The maximum atomic E-state index is 13.1. The maximum Gasteiger partial charge on any atom is 0.266 e. The highest BCUT2D eigenvalue weighted by molar-refractivity contribution is 9.10. The quantitative estimate of drug-likeness (QED) is 0.242. The van der Waals surface area contributed by atoms with Gasteiger partial charge in [0.05, 0.1) is 29.3 Å². The molecule has 0 atom stereocenters. The van der Waals surface area contributed by atoms with Crippen molar-refractivity contribution in [1.82, 2.24) is 4.90 Å². The summed E-state index contributed by atoms with van der Waals surface area (Å²) in [5, 5.41) is 0.638. The van der Waals surface area contributed by atoms with Gasteiger partial charge in [-0.25, -0.2) is 4.99 Å². The minimum atomic E-state index is -0.0829. The Morgan fingerprint density at radius 1 is 1.00 bits per heavy atom. The second-order valence-corrected chi connectivity index (χ2v) is 10.5. The Hall–Kier alpha value is -2.75. The van der Waals surface area contributed by atoms with Gasteiger partial charge >= 0.3 is 0 Å². The molecule has 0 aliphatic carbocycles. The molecule has 36 heavy (non-hydrogen) atoms. The van der Waals surface area contributed by atoms with Crippen LogP contribution in [0.15, 0.2) is 79.5 Å². The molecule has 1 saturated heterocycles. The van der Waals surface area contributed by atoms with Crippen molar-refractivity contribution in [2.75, 3.05) is 20.8 Å². The van der Waals surface area contributed by atoms with Crippen LogP contribution in [0.3, 0.4) is 0 Å². The number of carbonyl (C=O) groups excluding carboxylic acids is 1. The first-order chi connectivity index (χ1) is 17.4. The second kappa shape index (κ2) is 12.0. The summed E-state index contributed by atoms with van der Waals surface area (Å²) >= 11 is 8.40. The standard InChI is InChI=1S/C27H24Br2N2O4S/c1-4-31-26(32)24(36-27(31)30-20-9-11-21(33-2)12-10-20)15-18-13-22(29)25(23(14-18)34-3)35-16-17-5-7-19(28)8-6-17/h5-15H,4,16H2,1-3H3/b24-15+,30-27?. The molecule has 0 saturated carbocycles. The van der Waals surface area contributed by atoms with E-state index in [1.807, 2.05) is 73.7 Å². The number of carbonyl (C=O) groups is 1. The van der Waals surface area contributed by atoms with Crippen LogP contribution in [0.2, 0.25) is 0 Å². The van der Waals surface area contributed by atoms with Crippen molar-refractivity contribution in [2.24, 2.45) is 4.99 Å². The van der Waals surface area contributed by atoms with Gasteiger partial charge in [0, 0.05) is 11.0 Å². The predicted molar refractivity (Wildman–Crippen MR) is 152 cm³/mol. The average Bonchev–Trinajstić information content (AvgIpc) is 3.17. The molecule has 1 heterocycles. The molecule has 0 spiro atoms. The summed E-state index contributed by atoms with van der Waals surface area (Å²) in [4.78, 5) is 20.0. The van der Waals surface area contributed by atoms with Crippen molar-refractivity contribution in [3.8, 4) is 17.2 Å². The summed E-state index contributed by atoms with van der Waals surface area (Å²) in [6.07, 6.45) is 1.85. The monoisotopic (exact) mass is 630 g/mol. The van der Waals surface area contributed by atoms with E-state index in [0.717, 1.165) is 31.5 Å². The normalized spacial score (nSPS) is 15.6. The minimum absolute atomic E-state index is 0.0829. The van der Waals surface area contributed by atoms with Crippen molar-refractivity contribution < 1.29 is 19.0 Å². The lowest BCUT2D eigenvalue weighted by molar-refractivity contribution is -0.122. The SMILES string of the molecule is CCN1C(=O)/C(=C\c2cc(Br)c(OCc3ccc(Br)cc3)c(OC)c2)SC1=Nc1ccc(OC)cc1. The number of halogens is 2. The van der Waals surface area contributed by atoms with Crippen LogP contribution >= 0.6 is 43.6 Å². The number of hydrogen-bond acceptors (Lipinski definition) is 6. The van der Waals surface area contributed by atoms with Crippen molar-refractivity contribution in [2.45, 2.75) is 13.5 Å². The number of aliphatic imine (C=N–C) groups is 1. The summed E-state index contributed by atoms with van der Waals surface area (Å²) in [5.41, 5.74) is 2.60. The van der Waals surface area contributed by atoms with Crippen molar-refractivity contribution >= 4 is 66.5 Å². The van der Waals surface area contributed by atoms with Gasteiger partial charge in [-0.1, -0.05) is 28.1 Å². The first kappa shape index (κ1) is 26.3. The van der Waals surface area contributed by atoms with Gasteiger partial charge in [0.15, 0.2) is 16.7 Å². The fourth-order valence-electron chi connectivity index (χ4n) is 3.49. The van der Waals surface area contributed by atoms with E-state index in [2.05, 4.69) is 36.9 Å². The van der Waals surface area contributed by atoms with Gasteiger partial charge in [-0.05, 0) is 100 Å². The van der Waals surface area contributed by atoms with E-state index in [4.69, 9.17) is 14.2 Å². The highest BCUT2D eigenvalue weighted by atomic mass is 79.9. The fraction of sp³-hybridized carbons (Fsp3) is 0.185. The highest BCUT2D eigenvalue weighted by Crippen LogP contribution is 2.40. The van der Waals surface area contributed by atoms with E-state index in [1.54, 1.807) is 19.1 Å². The Balaban J connectivity index is 1.57. The third kappa shape index (κ3) is 6.14. The zero-order chi connectivity index (χ0) is 25.7. The molecule has 0 bridgehead atoms. The molecular formula is C27H24Br2N2O4S. The second-order valence-electron chi connectivity index (χ2n) is 7.70. The van der Waals surface area contributed by atoms with Gasteiger partial charge in [-0.3, -0.25) is 9.69 Å². The number of benzene rings is 3. The molecular weight excluding hydrogens is 608 g/mol. The number of methoxy groups -OCH3 is 2. The van der Waals surface area contributed by atoms with Gasteiger partial charge in [0.1, 0.15) is 12.4 Å². The number of amidine groups is 1. The predicted octanol–water partition coefficient (Wildman–Crippen LogP) is 7.43. The van der Waals surface area contributed by atoms with Crippen LogP contribution in [-0.4, -0.2) is 36.7 Å². The fourth-order valence-corrected chi connectivity index (χ4v) is 5.39. The number of thioether (sulfide) groups is 1. The Bertz CT molecular complexity index is 1310. The Kier molecular flexibility index (Phi) is 8.77. The molecule has 9 heteroatoms. The van der Waals surface area contributed by atoms with Crippen LogP contribution in [0.1, 0.15) is 18.1 Å². The maximum absolute atomic E-state index is 13.1. The van der Waals surface area contributed by atoms with Crippen LogP contribution in [-0.2, 0) is 11.4 Å². The van der Waals surface area contributed by atoms with Gasteiger partial charge in [-0.2, -0.15) is 0 Å². The molecule has 6 nitrogen and oxygen atoms in total. The number of rotatable bonds is 8. The minimum Gasteiger partial charge on any atom is -0.497 e. The van der Waals surface area contributed by atoms with Crippen LogP contribution < -0.4 is 14.2 Å². The van der Waals surface area contributed by atoms with E-state index >= 15 is 0 Å². The molecule has 3 aromatic carbocycles. The van der Waals surface area contributed by atoms with E-state index in [-0.39, 0.29) is 5.91 Å². The Labute approximate surface area is 231 Å². The van der Waals surface area contributed by atoms with E-state index in [9.17, 15) is 4.79 Å². The van der Waals surface area contributed by atoms with Crippen LogP contribution in [0, 0.1) is 0 Å². The first-order valence-corrected chi connectivity index (χ1v) is 13.5. The molecule has 0 unspecified atom stereocenters. The van der Waals surface area contributed by atoms with Gasteiger partial charge in [0.2, 0.25) is 0 Å². The lowest BCUT2D eigenvalue weighted by Gasteiger charge is -2.14. The molecule has 0 N–H and O–H groups in total. The van der Waals surface area contributed by atoms with Crippen LogP contribution in [0.4, 0.5) is 5.69 Å². The van der Waals surface area contributed by atoms with Crippen molar-refractivity contribution in [3.05, 3.63) is 85.6 Å². The van der Waals surface area contributed by atoms with E-state index in [1.165, 1.54) is 11.8 Å². The zero-order valence-corrected chi connectivity index (χ0v) is 23.9. The zero-order valence-electron chi connectivity index (χ0n) is 20.0. The molecule has 0 aromatic heterocycles. The molecule has 0 radical (unpaired) electrons. The summed E-state index contributed by atoms with van der Waals surface area (Å²) in [6, 6.07) is 19.1. The molecule has 1 aliphatic rings. The van der Waals surface area contributed by atoms with Crippen LogP contribution in [0.25, 0.3) is 6.08 Å². The molecule has 1 aliphatic heterocycles. The molecule has 186 valence electrons. The number of likely N-dealkylation sites (N-methyl/N-ethyl adjacent to an activating group) is 1. The number of hydrogen-bond donors (Lipinski definition) is 0. The smallest absolute Gasteiger partial charge is 0.266 e. The third-order valence-electron chi connectivity index (χ3n) is 5.35. The Morgan fingerprint density at radius 3 is 2.36 bits per heavy atom. The summed E-state index contributed by atoms with van der Waals surface area (Å²) in [7, 11) is 3.22. The number of amides is 1. The Morgan fingerprint density at radius 2 is 1.72 bits per heavy atom. The third-order valence-corrected chi connectivity index (χ3v) is 7.47. The topological polar surface area (TPSA) is 60.4 Å².